The molecule has 3 heterocycles. The molecule has 3 rings (SSSR count). The van der Waals surface area contributed by atoms with Crippen LogP contribution in [0.4, 0.5) is 5.82 Å². The van der Waals surface area contributed by atoms with Gasteiger partial charge < -0.3 is 14.4 Å². The maximum absolute atomic E-state index is 12.8. The summed E-state index contributed by atoms with van der Waals surface area (Å²) in [6, 6.07) is 1.56. The Balaban J connectivity index is 1.75. The van der Waals surface area contributed by atoms with Gasteiger partial charge in [-0.25, -0.2) is 4.98 Å². The number of aromatic nitrogens is 3. The first-order chi connectivity index (χ1) is 12.0. The lowest BCUT2D eigenvalue weighted by Crippen LogP contribution is -2.47. The minimum Gasteiger partial charge on any atom is -0.360 e. The van der Waals surface area contributed by atoms with Crippen LogP contribution in [0.5, 0.6) is 0 Å². The number of carbonyl (C=O) groups excluding carboxylic acids is 1. The van der Waals surface area contributed by atoms with Gasteiger partial charge in [0.1, 0.15) is 11.6 Å². The van der Waals surface area contributed by atoms with Crippen molar-refractivity contribution in [1.29, 1.82) is 0 Å². The summed E-state index contributed by atoms with van der Waals surface area (Å²) >= 11 is 0. The smallest absolute Gasteiger partial charge is 0.242 e. The quantitative estimate of drug-likeness (QED) is 0.871. The van der Waals surface area contributed by atoms with Gasteiger partial charge in [-0.2, -0.15) is 0 Å². The predicted octanol–water partition coefficient (Wildman–Crippen LogP) is 2.81. The maximum Gasteiger partial charge on any atom is 0.242 e. The van der Waals surface area contributed by atoms with E-state index in [2.05, 4.69) is 38.8 Å². The number of unbranched alkanes of at least 4 members (excludes halogenated alkanes) is 1. The first kappa shape index (κ1) is 17.7. The van der Waals surface area contributed by atoms with Crippen LogP contribution in [0, 0.1) is 20.8 Å². The molecule has 2 aromatic heterocycles. The fourth-order valence-corrected chi connectivity index (χ4v) is 3.41. The number of nitrogens with zero attached hydrogens (tertiary/aromatic N) is 4. The molecule has 0 unspecified atom stereocenters. The van der Waals surface area contributed by atoms with Gasteiger partial charge in [-0.3, -0.25) is 9.69 Å². The normalized spacial score (nSPS) is 15.8. The van der Waals surface area contributed by atoms with E-state index in [1.54, 1.807) is 6.07 Å². The van der Waals surface area contributed by atoms with E-state index in [0.717, 1.165) is 43.9 Å². The molecule has 0 fully saturated rings. The molecule has 0 saturated heterocycles. The molecule has 1 aliphatic rings. The number of hydrogen-bond acceptors (Lipinski definition) is 5. The van der Waals surface area contributed by atoms with Crippen molar-refractivity contribution in [2.45, 2.75) is 66.1 Å². The number of fused-ring (bicyclic) bond motifs is 1. The third kappa shape index (κ3) is 3.76. The Morgan fingerprint density at radius 2 is 2.16 bits per heavy atom. The monoisotopic (exact) mass is 345 g/mol. The molecule has 1 N–H and O–H groups in total. The lowest BCUT2D eigenvalue weighted by atomic mass is 10.1. The molecular formula is C18H27N5O2. The number of rotatable bonds is 6. The van der Waals surface area contributed by atoms with Crippen LogP contribution in [0.3, 0.4) is 0 Å². The number of nitrogens with one attached hydrogen (secondary N) is 1. The predicted molar refractivity (Wildman–Crippen MR) is 95.3 cm³/mol. The lowest BCUT2D eigenvalue weighted by Gasteiger charge is -2.34. The molecule has 0 saturated carbocycles. The average molecular weight is 345 g/mol. The topological polar surface area (TPSA) is 76.2 Å². The summed E-state index contributed by atoms with van der Waals surface area (Å²) in [5.41, 5.74) is 2.30. The van der Waals surface area contributed by atoms with Crippen molar-refractivity contribution in [3.8, 4) is 0 Å². The molecule has 7 heteroatoms. The van der Waals surface area contributed by atoms with Gasteiger partial charge in [-0.1, -0.05) is 24.9 Å². The molecule has 1 atom stereocenters. The Bertz CT molecular complexity index is 749. The van der Waals surface area contributed by atoms with Crippen LogP contribution in [0.25, 0.3) is 0 Å². The number of carbonyl (C=O) groups is 1. The fourth-order valence-electron chi connectivity index (χ4n) is 3.41. The summed E-state index contributed by atoms with van der Waals surface area (Å²) in [5.74, 6) is 2.20. The highest BCUT2D eigenvalue weighted by Gasteiger charge is 2.30. The van der Waals surface area contributed by atoms with Crippen molar-refractivity contribution in [3.63, 3.8) is 0 Å². The third-order valence-corrected chi connectivity index (χ3v) is 4.95. The highest BCUT2D eigenvalue weighted by Crippen LogP contribution is 2.21. The first-order valence-electron chi connectivity index (χ1n) is 9.00. The minimum absolute atomic E-state index is 0.0183. The van der Waals surface area contributed by atoms with Gasteiger partial charge in [0, 0.05) is 24.8 Å². The standard InChI is InChI=1S/C18H27N5O2/c1-5-6-7-15(18(24)20-16-10-12(2)25-21-16)22-8-9-23-14(4)13(3)19-17(23)11-22/h10,15H,5-9,11H2,1-4H3,(H,20,21,24)/t15-/m0/s1. The summed E-state index contributed by atoms with van der Waals surface area (Å²) in [5, 5.41) is 6.77. The molecule has 0 bridgehead atoms. The van der Waals surface area contributed by atoms with Crippen LogP contribution in [0.1, 0.15) is 49.2 Å². The molecule has 0 radical (unpaired) electrons. The fraction of sp³-hybridized carbons (Fsp3) is 0.611. The molecule has 0 aromatic carbocycles. The van der Waals surface area contributed by atoms with E-state index < -0.39 is 0 Å². The van der Waals surface area contributed by atoms with Crippen molar-refractivity contribution >= 4 is 11.7 Å². The van der Waals surface area contributed by atoms with E-state index in [-0.39, 0.29) is 11.9 Å². The van der Waals surface area contributed by atoms with E-state index in [9.17, 15) is 4.79 Å². The van der Waals surface area contributed by atoms with E-state index in [0.29, 0.717) is 18.1 Å². The summed E-state index contributed by atoms with van der Waals surface area (Å²) < 4.78 is 7.31. The van der Waals surface area contributed by atoms with Crippen LogP contribution in [0.2, 0.25) is 0 Å². The second-order valence-corrected chi connectivity index (χ2v) is 6.79. The Labute approximate surface area is 148 Å². The second kappa shape index (κ2) is 7.39. The van der Waals surface area contributed by atoms with Crippen molar-refractivity contribution < 1.29 is 9.32 Å². The number of aryl methyl sites for hydroxylation is 2. The second-order valence-electron chi connectivity index (χ2n) is 6.79. The van der Waals surface area contributed by atoms with Gasteiger partial charge in [-0.15, -0.1) is 0 Å². The number of hydrogen-bond donors (Lipinski definition) is 1. The molecule has 136 valence electrons. The first-order valence-corrected chi connectivity index (χ1v) is 9.00. The van der Waals surface area contributed by atoms with Crippen LogP contribution in [0.15, 0.2) is 10.6 Å². The number of imidazole rings is 1. The van der Waals surface area contributed by atoms with Crippen LogP contribution < -0.4 is 5.32 Å². The molecule has 25 heavy (non-hydrogen) atoms. The zero-order chi connectivity index (χ0) is 18.0. The van der Waals surface area contributed by atoms with E-state index >= 15 is 0 Å². The largest absolute Gasteiger partial charge is 0.360 e. The summed E-state index contributed by atoms with van der Waals surface area (Å²) in [4.78, 5) is 19.8. The van der Waals surface area contributed by atoms with Crippen LogP contribution in [-0.2, 0) is 17.9 Å². The number of amides is 1. The lowest BCUT2D eigenvalue weighted by molar-refractivity contribution is -0.122. The number of anilines is 1. The average Bonchev–Trinajstić information content (AvgIpc) is 3.11. The van der Waals surface area contributed by atoms with Gasteiger partial charge in [0.15, 0.2) is 5.82 Å². The van der Waals surface area contributed by atoms with Gasteiger partial charge in [0.2, 0.25) is 5.91 Å². The summed E-state index contributed by atoms with van der Waals surface area (Å²) in [6.45, 7) is 10.5. The Hall–Kier alpha value is -2.15. The van der Waals surface area contributed by atoms with Crippen LogP contribution >= 0.6 is 0 Å². The highest BCUT2D eigenvalue weighted by atomic mass is 16.5. The van der Waals surface area contributed by atoms with Gasteiger partial charge in [-0.05, 0) is 27.2 Å². The Kier molecular flexibility index (Phi) is 5.22. The highest BCUT2D eigenvalue weighted by molar-refractivity contribution is 5.94. The van der Waals surface area contributed by atoms with Gasteiger partial charge in [0.05, 0.1) is 18.3 Å². The van der Waals surface area contributed by atoms with Crippen LogP contribution in [-0.4, -0.2) is 38.1 Å². The molecule has 0 spiro atoms. The Morgan fingerprint density at radius 3 is 2.84 bits per heavy atom. The zero-order valence-electron chi connectivity index (χ0n) is 15.5. The molecule has 2 aromatic rings. The van der Waals surface area contributed by atoms with Crippen molar-refractivity contribution in [3.05, 3.63) is 29.0 Å². The zero-order valence-corrected chi connectivity index (χ0v) is 15.5. The summed E-state index contributed by atoms with van der Waals surface area (Å²) in [7, 11) is 0. The van der Waals surface area contributed by atoms with Crippen molar-refractivity contribution in [2.24, 2.45) is 0 Å². The maximum atomic E-state index is 12.8. The third-order valence-electron chi connectivity index (χ3n) is 4.95. The molecule has 1 aliphatic heterocycles. The van der Waals surface area contributed by atoms with E-state index in [4.69, 9.17) is 4.52 Å². The van der Waals surface area contributed by atoms with Gasteiger partial charge >= 0.3 is 0 Å². The molecular weight excluding hydrogens is 318 g/mol. The molecule has 0 aliphatic carbocycles. The van der Waals surface area contributed by atoms with Gasteiger partial charge in [0.25, 0.3) is 0 Å². The summed E-state index contributed by atoms with van der Waals surface area (Å²) in [6.07, 6.45) is 2.91. The van der Waals surface area contributed by atoms with Crippen molar-refractivity contribution in [2.75, 3.05) is 11.9 Å². The molecule has 7 nitrogen and oxygen atoms in total. The SMILES string of the molecule is CCCC[C@@H](C(=O)Nc1cc(C)on1)N1CCn2c(nc(C)c2C)C1. The van der Waals surface area contributed by atoms with Crippen molar-refractivity contribution in [1.82, 2.24) is 19.6 Å². The minimum atomic E-state index is -0.178. The van der Waals surface area contributed by atoms with E-state index in [1.165, 1.54) is 5.69 Å². The van der Waals surface area contributed by atoms with E-state index in [1.807, 2.05) is 13.8 Å². The molecule has 1 amide bonds. The Morgan fingerprint density at radius 1 is 1.36 bits per heavy atom.